The number of carbonyl (C=O) groups excluding carboxylic acids is 1. The van der Waals surface area contributed by atoms with Crippen LogP contribution in [0.3, 0.4) is 0 Å². The Labute approximate surface area is 143 Å². The van der Waals surface area contributed by atoms with E-state index >= 15 is 0 Å². The van der Waals surface area contributed by atoms with Gasteiger partial charge in [0.2, 0.25) is 5.91 Å². The number of halogens is 1. The number of hydrogen-bond donors (Lipinski definition) is 2. The third-order valence-electron chi connectivity index (χ3n) is 5.38. The Morgan fingerprint density at radius 3 is 2.62 bits per heavy atom. The van der Waals surface area contributed by atoms with Crippen LogP contribution in [0.15, 0.2) is 35.9 Å². The van der Waals surface area contributed by atoms with E-state index in [9.17, 15) is 9.18 Å². The number of carbonyl (C=O) groups is 1. The van der Waals surface area contributed by atoms with Crippen molar-refractivity contribution < 1.29 is 9.18 Å². The quantitative estimate of drug-likeness (QED) is 0.815. The number of allylic oxidation sites excluding steroid dienone is 1. The molecule has 4 rings (SSSR count). The van der Waals surface area contributed by atoms with Crippen molar-refractivity contribution in [1.82, 2.24) is 5.32 Å². The molecule has 2 N–H and O–H groups in total. The van der Waals surface area contributed by atoms with Crippen molar-refractivity contribution in [2.75, 3.05) is 5.32 Å². The average Bonchev–Trinajstić information content (AvgIpc) is 2.48. The predicted octanol–water partition coefficient (Wildman–Crippen LogP) is 4.14. The van der Waals surface area contributed by atoms with Crippen molar-refractivity contribution in [3.63, 3.8) is 0 Å². The lowest BCUT2D eigenvalue weighted by Crippen LogP contribution is -2.56. The Bertz CT molecular complexity index is 682. The zero-order valence-electron chi connectivity index (χ0n) is 14.9. The van der Waals surface area contributed by atoms with E-state index in [4.69, 9.17) is 0 Å². The number of aryl methyl sites for hydroxylation is 1. The fourth-order valence-electron chi connectivity index (χ4n) is 3.97. The van der Waals surface area contributed by atoms with Crippen molar-refractivity contribution in [1.29, 1.82) is 0 Å². The number of amides is 1. The number of alkyl halides is 1. The van der Waals surface area contributed by atoms with Gasteiger partial charge in [0.05, 0.1) is 6.04 Å². The Hall–Kier alpha value is -1.84. The van der Waals surface area contributed by atoms with Gasteiger partial charge in [-0.2, -0.15) is 0 Å². The van der Waals surface area contributed by atoms with Gasteiger partial charge in [-0.1, -0.05) is 31.2 Å². The van der Waals surface area contributed by atoms with E-state index in [2.05, 4.69) is 10.6 Å². The molecule has 0 heterocycles. The van der Waals surface area contributed by atoms with Crippen LogP contribution in [0.25, 0.3) is 0 Å². The van der Waals surface area contributed by atoms with Crippen LogP contribution in [0.1, 0.15) is 45.6 Å². The predicted molar refractivity (Wildman–Crippen MR) is 95.7 cm³/mol. The second-order valence-electron chi connectivity index (χ2n) is 7.96. The summed E-state index contributed by atoms with van der Waals surface area (Å²) in [5, 5.41) is 6.39. The molecular weight excluding hydrogens is 303 g/mol. The molecule has 1 amide bonds. The molecule has 1 aromatic carbocycles. The molecule has 4 heteroatoms. The van der Waals surface area contributed by atoms with Gasteiger partial charge in [-0.15, -0.1) is 0 Å². The van der Waals surface area contributed by atoms with E-state index in [1.54, 1.807) is 0 Å². The van der Waals surface area contributed by atoms with E-state index in [-0.39, 0.29) is 17.9 Å². The summed E-state index contributed by atoms with van der Waals surface area (Å²) in [5.41, 5.74) is 1.30. The summed E-state index contributed by atoms with van der Waals surface area (Å²) in [6, 6.07) is 7.71. The van der Waals surface area contributed by atoms with Crippen molar-refractivity contribution in [3.05, 3.63) is 41.5 Å². The fourth-order valence-corrected chi connectivity index (χ4v) is 3.97. The van der Waals surface area contributed by atoms with Crippen LogP contribution in [0.4, 0.5) is 10.1 Å². The number of benzene rings is 1. The Morgan fingerprint density at radius 1 is 1.29 bits per heavy atom. The Kier molecular flexibility index (Phi) is 4.18. The Balaban J connectivity index is 1.71. The van der Waals surface area contributed by atoms with E-state index in [0.717, 1.165) is 11.3 Å². The van der Waals surface area contributed by atoms with Gasteiger partial charge in [-0.25, -0.2) is 4.39 Å². The maximum absolute atomic E-state index is 14.8. The molecule has 0 saturated heterocycles. The summed E-state index contributed by atoms with van der Waals surface area (Å²) in [6.45, 7) is 7.78. The molecule has 1 aromatic rings. The maximum Gasteiger partial charge on any atom is 0.245 e. The first-order valence-electron chi connectivity index (χ1n) is 8.74. The van der Waals surface area contributed by atoms with E-state index in [0.29, 0.717) is 19.3 Å². The first-order valence-corrected chi connectivity index (χ1v) is 8.74. The maximum atomic E-state index is 14.8. The van der Waals surface area contributed by atoms with Gasteiger partial charge >= 0.3 is 0 Å². The highest BCUT2D eigenvalue weighted by Crippen LogP contribution is 2.46. The van der Waals surface area contributed by atoms with Crippen LogP contribution in [-0.2, 0) is 4.79 Å². The molecule has 1 unspecified atom stereocenters. The van der Waals surface area contributed by atoms with Crippen LogP contribution in [0.5, 0.6) is 0 Å². The molecule has 1 saturated carbocycles. The number of fused-ring (bicyclic) bond motifs is 3. The standard InChI is InChI=1S/C20H27FN2O/c1-13-7-5-6-8-16(13)23-19(3,4)18(24)22-17-12-20(21)10-9-15(17)14(2)11-20/h5-9,14,17,23H,10-12H2,1-4H3,(H,22,24)/t14-,17?,20-/m1/s1. The summed E-state index contributed by atoms with van der Waals surface area (Å²) < 4.78 is 14.8. The van der Waals surface area contributed by atoms with Crippen LogP contribution >= 0.6 is 0 Å². The summed E-state index contributed by atoms with van der Waals surface area (Å²) in [4.78, 5) is 12.8. The summed E-state index contributed by atoms with van der Waals surface area (Å²) in [5.74, 6) is 0.107. The molecule has 3 aliphatic carbocycles. The topological polar surface area (TPSA) is 41.1 Å². The van der Waals surface area contributed by atoms with Crippen molar-refractivity contribution in [3.8, 4) is 0 Å². The van der Waals surface area contributed by atoms with Gasteiger partial charge in [-0.3, -0.25) is 4.79 Å². The summed E-state index contributed by atoms with van der Waals surface area (Å²) in [7, 11) is 0. The molecule has 0 aromatic heterocycles. The van der Waals surface area contributed by atoms with Crippen LogP contribution in [0.2, 0.25) is 0 Å². The molecule has 2 bridgehead atoms. The van der Waals surface area contributed by atoms with Crippen molar-refractivity contribution >= 4 is 11.6 Å². The third kappa shape index (κ3) is 3.19. The lowest BCUT2D eigenvalue weighted by Gasteiger charge is -2.45. The molecule has 24 heavy (non-hydrogen) atoms. The van der Waals surface area contributed by atoms with Crippen LogP contribution in [-0.4, -0.2) is 23.2 Å². The number of hydrogen-bond acceptors (Lipinski definition) is 2. The summed E-state index contributed by atoms with van der Waals surface area (Å²) >= 11 is 0. The molecule has 3 nitrogen and oxygen atoms in total. The lowest BCUT2D eigenvalue weighted by atomic mass is 9.67. The van der Waals surface area contributed by atoms with Crippen molar-refractivity contribution in [2.24, 2.45) is 5.92 Å². The minimum atomic E-state index is -1.16. The molecule has 1 fully saturated rings. The SMILES string of the molecule is Cc1ccccc1NC(C)(C)C(=O)NC1C[C@@]2(F)CC=C1[C@H](C)C2. The number of para-hydroxylation sites is 1. The minimum Gasteiger partial charge on any atom is -0.371 e. The molecule has 130 valence electrons. The molecule has 3 aliphatic rings. The second-order valence-corrected chi connectivity index (χ2v) is 7.96. The Morgan fingerprint density at radius 2 is 2.00 bits per heavy atom. The largest absolute Gasteiger partial charge is 0.371 e. The van der Waals surface area contributed by atoms with E-state index in [1.165, 1.54) is 5.57 Å². The van der Waals surface area contributed by atoms with Gasteiger partial charge in [0.1, 0.15) is 11.2 Å². The van der Waals surface area contributed by atoms with Gasteiger partial charge in [0.25, 0.3) is 0 Å². The normalized spacial score (nSPS) is 29.1. The first-order chi connectivity index (χ1) is 11.2. The molecule has 0 aliphatic heterocycles. The third-order valence-corrected chi connectivity index (χ3v) is 5.38. The van der Waals surface area contributed by atoms with Gasteiger partial charge < -0.3 is 10.6 Å². The van der Waals surface area contributed by atoms with Gasteiger partial charge in [-0.05, 0) is 56.7 Å². The lowest BCUT2D eigenvalue weighted by molar-refractivity contribution is -0.125. The molecular formula is C20H27FN2O. The zero-order valence-corrected chi connectivity index (χ0v) is 14.9. The van der Waals surface area contributed by atoms with Crippen LogP contribution < -0.4 is 10.6 Å². The first kappa shape index (κ1) is 17.0. The molecule has 0 spiro atoms. The summed E-state index contributed by atoms with van der Waals surface area (Å²) in [6.07, 6.45) is 3.46. The second kappa shape index (κ2) is 5.91. The monoisotopic (exact) mass is 330 g/mol. The van der Waals surface area contributed by atoms with Gasteiger partial charge in [0, 0.05) is 12.1 Å². The highest BCUT2D eigenvalue weighted by molar-refractivity contribution is 5.89. The van der Waals surface area contributed by atoms with Crippen molar-refractivity contribution in [2.45, 2.75) is 64.2 Å². The molecule has 3 atom stereocenters. The fraction of sp³-hybridized carbons (Fsp3) is 0.550. The smallest absolute Gasteiger partial charge is 0.245 e. The highest BCUT2D eigenvalue weighted by Gasteiger charge is 2.46. The number of anilines is 1. The van der Waals surface area contributed by atoms with E-state index < -0.39 is 11.2 Å². The molecule has 0 radical (unpaired) electrons. The minimum absolute atomic E-state index is 0.0972. The number of nitrogens with one attached hydrogen (secondary N) is 2. The van der Waals surface area contributed by atoms with Crippen LogP contribution in [0, 0.1) is 12.8 Å². The highest BCUT2D eigenvalue weighted by atomic mass is 19.1. The van der Waals surface area contributed by atoms with E-state index in [1.807, 2.05) is 58.0 Å². The average molecular weight is 330 g/mol. The van der Waals surface area contributed by atoms with Gasteiger partial charge in [0.15, 0.2) is 0 Å². The zero-order chi connectivity index (χ0) is 17.5. The number of rotatable bonds is 4.